The van der Waals surface area contributed by atoms with E-state index in [1.165, 1.54) is 17.9 Å². The van der Waals surface area contributed by atoms with Gasteiger partial charge < -0.3 is 9.47 Å². The average molecular weight is 392 g/mol. The van der Waals surface area contributed by atoms with Crippen LogP contribution in [0.15, 0.2) is 36.4 Å². The molecule has 0 amide bonds. The molecule has 0 saturated carbocycles. The molecular formula is C21H23F3N2O2. The van der Waals surface area contributed by atoms with E-state index < -0.39 is 11.7 Å². The number of methoxy groups -OCH3 is 2. The molecule has 0 radical (unpaired) electrons. The zero-order valence-electron chi connectivity index (χ0n) is 16.3. The molecule has 4 nitrogen and oxygen atoms in total. The summed E-state index contributed by atoms with van der Waals surface area (Å²) in [5.74, 6) is 1.09. The minimum absolute atomic E-state index is 0.108. The van der Waals surface area contributed by atoms with Gasteiger partial charge in [0.25, 0.3) is 0 Å². The van der Waals surface area contributed by atoms with Gasteiger partial charge in [-0.2, -0.15) is 18.3 Å². The third-order valence-corrected chi connectivity index (χ3v) is 4.99. The van der Waals surface area contributed by atoms with E-state index in [1.54, 1.807) is 31.4 Å². The molecule has 7 heteroatoms. The first-order valence-corrected chi connectivity index (χ1v) is 9.16. The summed E-state index contributed by atoms with van der Waals surface area (Å²) < 4.78 is 53.4. The molecule has 0 N–H and O–H groups in total. The fourth-order valence-corrected chi connectivity index (χ4v) is 3.51. The van der Waals surface area contributed by atoms with E-state index in [0.29, 0.717) is 41.0 Å². The Morgan fingerprint density at radius 2 is 1.75 bits per heavy atom. The molecule has 0 aliphatic heterocycles. The van der Waals surface area contributed by atoms with Crippen LogP contribution in [0.4, 0.5) is 13.2 Å². The highest BCUT2D eigenvalue weighted by atomic mass is 19.4. The van der Waals surface area contributed by atoms with Crippen molar-refractivity contribution < 1.29 is 22.6 Å². The maximum Gasteiger partial charge on any atom is 0.418 e. The molecule has 0 aliphatic carbocycles. The molecule has 2 aromatic carbocycles. The van der Waals surface area contributed by atoms with Gasteiger partial charge in [-0.3, -0.25) is 4.68 Å². The molecule has 150 valence electrons. The van der Waals surface area contributed by atoms with Crippen LogP contribution in [-0.4, -0.2) is 24.0 Å². The number of para-hydroxylation sites is 1. The molecule has 0 atom stereocenters. The lowest BCUT2D eigenvalue weighted by atomic mass is 10.0. The molecule has 0 aliphatic rings. The SMILES string of the molecule is CCC(CC)n1nc(-c2ccc(OC)cc2OC)c2cccc(C(F)(F)F)c21. The number of aromatic nitrogens is 2. The van der Waals surface area contributed by atoms with Crippen LogP contribution in [0.5, 0.6) is 11.5 Å². The number of alkyl halides is 3. The maximum atomic E-state index is 13.7. The van der Waals surface area contributed by atoms with E-state index in [0.717, 1.165) is 6.07 Å². The first-order valence-electron chi connectivity index (χ1n) is 9.16. The summed E-state index contributed by atoms with van der Waals surface area (Å²) in [6.45, 7) is 3.90. The van der Waals surface area contributed by atoms with Crippen molar-refractivity contribution in [2.75, 3.05) is 14.2 Å². The van der Waals surface area contributed by atoms with Gasteiger partial charge in [-0.1, -0.05) is 26.0 Å². The second-order valence-electron chi connectivity index (χ2n) is 6.53. The summed E-state index contributed by atoms with van der Waals surface area (Å²) in [4.78, 5) is 0. The van der Waals surface area contributed by atoms with Crippen LogP contribution in [0.25, 0.3) is 22.2 Å². The molecule has 28 heavy (non-hydrogen) atoms. The van der Waals surface area contributed by atoms with Gasteiger partial charge in [0.15, 0.2) is 0 Å². The summed E-state index contributed by atoms with van der Waals surface area (Å²) in [5.41, 5.74) is 0.518. The van der Waals surface area contributed by atoms with E-state index in [9.17, 15) is 13.2 Å². The van der Waals surface area contributed by atoms with Crippen LogP contribution in [-0.2, 0) is 6.18 Å². The number of ether oxygens (including phenoxy) is 2. The lowest BCUT2D eigenvalue weighted by Crippen LogP contribution is -2.13. The van der Waals surface area contributed by atoms with E-state index in [2.05, 4.69) is 5.10 Å². The van der Waals surface area contributed by atoms with Gasteiger partial charge in [0.2, 0.25) is 0 Å². The van der Waals surface area contributed by atoms with Gasteiger partial charge in [-0.05, 0) is 31.0 Å². The van der Waals surface area contributed by atoms with Crippen molar-refractivity contribution in [3.63, 3.8) is 0 Å². The van der Waals surface area contributed by atoms with Crippen molar-refractivity contribution in [3.05, 3.63) is 42.0 Å². The largest absolute Gasteiger partial charge is 0.497 e. The van der Waals surface area contributed by atoms with Gasteiger partial charge in [0.1, 0.15) is 17.2 Å². The Labute approximate surface area is 161 Å². The number of nitrogens with zero attached hydrogens (tertiary/aromatic N) is 2. The Hall–Kier alpha value is -2.70. The molecule has 0 unspecified atom stereocenters. The number of benzene rings is 2. The summed E-state index contributed by atoms with van der Waals surface area (Å²) in [6.07, 6.45) is -3.11. The minimum atomic E-state index is -4.47. The average Bonchev–Trinajstić information content (AvgIpc) is 3.07. The van der Waals surface area contributed by atoms with Gasteiger partial charge in [0, 0.05) is 17.0 Å². The Morgan fingerprint density at radius 3 is 2.32 bits per heavy atom. The highest BCUT2D eigenvalue weighted by Crippen LogP contribution is 2.42. The van der Waals surface area contributed by atoms with Crippen LogP contribution >= 0.6 is 0 Å². The van der Waals surface area contributed by atoms with Crippen molar-refractivity contribution >= 4 is 10.9 Å². The molecule has 3 aromatic rings. The summed E-state index contributed by atoms with van der Waals surface area (Å²) in [7, 11) is 3.06. The summed E-state index contributed by atoms with van der Waals surface area (Å²) >= 11 is 0. The summed E-state index contributed by atoms with van der Waals surface area (Å²) in [6, 6.07) is 9.27. The molecule has 0 bridgehead atoms. The van der Waals surface area contributed by atoms with Gasteiger partial charge in [0.05, 0.1) is 31.3 Å². The molecule has 0 spiro atoms. The lowest BCUT2D eigenvalue weighted by molar-refractivity contribution is -0.136. The van der Waals surface area contributed by atoms with E-state index in [4.69, 9.17) is 9.47 Å². The first kappa shape index (κ1) is 20.0. The third-order valence-electron chi connectivity index (χ3n) is 4.99. The van der Waals surface area contributed by atoms with E-state index in [1.807, 2.05) is 13.8 Å². The fraction of sp³-hybridized carbons (Fsp3) is 0.381. The van der Waals surface area contributed by atoms with Crippen molar-refractivity contribution in [1.82, 2.24) is 9.78 Å². The van der Waals surface area contributed by atoms with Crippen molar-refractivity contribution in [2.45, 2.75) is 38.9 Å². The third kappa shape index (κ3) is 3.41. The molecule has 1 aromatic heterocycles. The van der Waals surface area contributed by atoms with Crippen molar-refractivity contribution in [1.29, 1.82) is 0 Å². The lowest BCUT2D eigenvalue weighted by Gasteiger charge is -2.17. The van der Waals surface area contributed by atoms with Crippen LogP contribution in [0.2, 0.25) is 0 Å². The number of hydrogen-bond donors (Lipinski definition) is 0. The smallest absolute Gasteiger partial charge is 0.418 e. The normalized spacial score (nSPS) is 12.0. The Balaban J connectivity index is 2.37. The Morgan fingerprint density at radius 1 is 1.04 bits per heavy atom. The number of rotatable bonds is 6. The molecule has 1 heterocycles. The van der Waals surface area contributed by atoms with Crippen LogP contribution in [0.3, 0.4) is 0 Å². The van der Waals surface area contributed by atoms with E-state index in [-0.39, 0.29) is 11.6 Å². The topological polar surface area (TPSA) is 36.3 Å². The minimum Gasteiger partial charge on any atom is -0.497 e. The quantitative estimate of drug-likeness (QED) is 0.508. The van der Waals surface area contributed by atoms with Crippen LogP contribution in [0.1, 0.15) is 38.3 Å². The number of halogens is 3. The highest BCUT2D eigenvalue weighted by molar-refractivity contribution is 5.97. The van der Waals surface area contributed by atoms with Crippen LogP contribution < -0.4 is 9.47 Å². The zero-order valence-corrected chi connectivity index (χ0v) is 16.3. The predicted octanol–water partition coefficient (Wildman–Crippen LogP) is 6.10. The number of hydrogen-bond acceptors (Lipinski definition) is 3. The standard InChI is InChI=1S/C21H23F3N2O2/c1-5-13(6-2)26-20-16(8-7-9-17(20)21(22,23)24)19(25-26)15-11-10-14(27-3)12-18(15)28-4/h7-13H,5-6H2,1-4H3. The second-order valence-corrected chi connectivity index (χ2v) is 6.53. The molecule has 0 fully saturated rings. The Kier molecular flexibility index (Phi) is 5.54. The van der Waals surface area contributed by atoms with Crippen LogP contribution in [0, 0.1) is 0 Å². The zero-order chi connectivity index (χ0) is 20.5. The first-order chi connectivity index (χ1) is 13.3. The Bertz CT molecular complexity index is 976. The van der Waals surface area contributed by atoms with Gasteiger partial charge in [-0.25, -0.2) is 0 Å². The monoisotopic (exact) mass is 392 g/mol. The summed E-state index contributed by atoms with van der Waals surface area (Å²) in [5, 5.41) is 5.08. The van der Waals surface area contributed by atoms with E-state index >= 15 is 0 Å². The highest BCUT2D eigenvalue weighted by Gasteiger charge is 2.35. The van der Waals surface area contributed by atoms with Gasteiger partial charge in [-0.15, -0.1) is 0 Å². The maximum absolute atomic E-state index is 13.7. The second kappa shape index (κ2) is 7.73. The molecular weight excluding hydrogens is 369 g/mol. The predicted molar refractivity (Wildman–Crippen MR) is 103 cm³/mol. The fourth-order valence-electron chi connectivity index (χ4n) is 3.51. The van der Waals surface area contributed by atoms with Crippen molar-refractivity contribution in [2.24, 2.45) is 0 Å². The molecule has 3 rings (SSSR count). The number of fused-ring (bicyclic) bond motifs is 1. The van der Waals surface area contributed by atoms with Gasteiger partial charge >= 0.3 is 6.18 Å². The van der Waals surface area contributed by atoms with Crippen molar-refractivity contribution in [3.8, 4) is 22.8 Å². The molecule has 0 saturated heterocycles.